The van der Waals surface area contributed by atoms with E-state index >= 15 is 0 Å². The monoisotopic (exact) mass is 419 g/mol. The summed E-state index contributed by atoms with van der Waals surface area (Å²) in [6, 6.07) is 7.16. The molecule has 30 heavy (non-hydrogen) atoms. The first-order valence-electron chi connectivity index (χ1n) is 10.2. The summed E-state index contributed by atoms with van der Waals surface area (Å²) in [5.74, 6) is -0.326. The van der Waals surface area contributed by atoms with Crippen molar-refractivity contribution in [3.8, 4) is 0 Å². The molecule has 1 N–H and O–H groups in total. The Hall–Kier alpha value is -2.61. The van der Waals surface area contributed by atoms with Crippen molar-refractivity contribution >= 4 is 11.7 Å². The number of hydrogen-bond acceptors (Lipinski definition) is 3. The molecule has 1 aromatic heterocycles. The number of nitrogens with one attached hydrogen (secondary N) is 1. The SMILES string of the molecule is O=C(CN(Cc1ccccc1C(F)(F)F)C1CC1)c1c[nH]c(C(=O)N2CCCC2)c1. The van der Waals surface area contributed by atoms with Gasteiger partial charge in [-0.15, -0.1) is 0 Å². The van der Waals surface area contributed by atoms with E-state index in [0.717, 1.165) is 44.8 Å². The van der Waals surface area contributed by atoms with Gasteiger partial charge in [-0.3, -0.25) is 14.5 Å². The zero-order valence-electron chi connectivity index (χ0n) is 16.5. The van der Waals surface area contributed by atoms with Crippen molar-refractivity contribution < 1.29 is 22.8 Å². The average Bonchev–Trinajstić information content (AvgIpc) is 3.19. The first kappa shape index (κ1) is 20.7. The number of aromatic nitrogens is 1. The zero-order valence-corrected chi connectivity index (χ0v) is 16.5. The molecule has 2 heterocycles. The molecule has 1 aliphatic carbocycles. The molecule has 5 nitrogen and oxygen atoms in total. The van der Waals surface area contributed by atoms with Crippen LogP contribution in [0, 0.1) is 0 Å². The van der Waals surface area contributed by atoms with Crippen LogP contribution in [0.5, 0.6) is 0 Å². The normalized spacial score (nSPS) is 17.0. The topological polar surface area (TPSA) is 56.4 Å². The fourth-order valence-corrected chi connectivity index (χ4v) is 3.95. The molecule has 2 aliphatic rings. The molecule has 2 fully saturated rings. The van der Waals surface area contributed by atoms with Gasteiger partial charge >= 0.3 is 6.18 Å². The number of Topliss-reactive ketones (excluding diaryl/α,β-unsaturated/α-hetero) is 1. The molecule has 1 amide bonds. The first-order chi connectivity index (χ1) is 14.3. The maximum atomic E-state index is 13.3. The van der Waals surface area contributed by atoms with Crippen LogP contribution in [0.15, 0.2) is 36.5 Å². The van der Waals surface area contributed by atoms with E-state index in [4.69, 9.17) is 0 Å². The van der Waals surface area contributed by atoms with Crippen molar-refractivity contribution in [1.29, 1.82) is 0 Å². The van der Waals surface area contributed by atoms with Crippen LogP contribution in [0.4, 0.5) is 13.2 Å². The highest BCUT2D eigenvalue weighted by Gasteiger charge is 2.36. The van der Waals surface area contributed by atoms with Crippen LogP contribution in [0.25, 0.3) is 0 Å². The summed E-state index contributed by atoms with van der Waals surface area (Å²) in [7, 11) is 0. The van der Waals surface area contributed by atoms with Crippen LogP contribution in [0.1, 0.15) is 57.7 Å². The highest BCUT2D eigenvalue weighted by Crippen LogP contribution is 2.34. The summed E-state index contributed by atoms with van der Waals surface area (Å²) in [5, 5.41) is 0. The smallest absolute Gasteiger partial charge is 0.356 e. The Labute approximate surface area is 172 Å². The van der Waals surface area contributed by atoms with Gasteiger partial charge in [-0.05, 0) is 43.4 Å². The van der Waals surface area contributed by atoms with Crippen LogP contribution in [-0.2, 0) is 12.7 Å². The number of alkyl halides is 3. The van der Waals surface area contributed by atoms with Gasteiger partial charge in [-0.25, -0.2) is 0 Å². The first-order valence-corrected chi connectivity index (χ1v) is 10.2. The molecular formula is C22H24F3N3O2. The van der Waals surface area contributed by atoms with Crippen molar-refractivity contribution in [3.05, 3.63) is 58.9 Å². The van der Waals surface area contributed by atoms with E-state index in [-0.39, 0.29) is 36.4 Å². The third-order valence-electron chi connectivity index (χ3n) is 5.73. The number of ketones is 1. The molecule has 0 bridgehead atoms. The minimum Gasteiger partial charge on any atom is -0.356 e. The molecule has 1 saturated carbocycles. The molecule has 8 heteroatoms. The minimum absolute atomic E-state index is 0.0199. The van der Waals surface area contributed by atoms with Crippen LogP contribution >= 0.6 is 0 Å². The second-order valence-electron chi connectivity index (χ2n) is 8.02. The number of likely N-dealkylation sites (tertiary alicyclic amines) is 1. The lowest BCUT2D eigenvalue weighted by Gasteiger charge is -2.23. The van der Waals surface area contributed by atoms with Gasteiger partial charge in [-0.2, -0.15) is 13.2 Å². The molecular weight excluding hydrogens is 395 g/mol. The van der Waals surface area contributed by atoms with Crippen molar-refractivity contribution in [2.75, 3.05) is 19.6 Å². The number of H-pyrrole nitrogens is 1. The van der Waals surface area contributed by atoms with Crippen LogP contribution < -0.4 is 0 Å². The highest BCUT2D eigenvalue weighted by molar-refractivity contribution is 6.01. The summed E-state index contributed by atoms with van der Waals surface area (Å²) in [6.07, 6.45) is 0.782. The van der Waals surface area contributed by atoms with Gasteiger partial charge in [0.15, 0.2) is 5.78 Å². The van der Waals surface area contributed by atoms with E-state index in [2.05, 4.69) is 4.98 Å². The molecule has 1 saturated heterocycles. The largest absolute Gasteiger partial charge is 0.416 e. The molecule has 1 aromatic carbocycles. The predicted octanol–water partition coefficient (Wildman–Crippen LogP) is 4.12. The fourth-order valence-electron chi connectivity index (χ4n) is 3.95. The second kappa shape index (κ2) is 8.26. The van der Waals surface area contributed by atoms with Gasteiger partial charge in [0.2, 0.25) is 0 Å². The van der Waals surface area contributed by atoms with E-state index in [1.165, 1.54) is 18.3 Å². The average molecular weight is 419 g/mol. The lowest BCUT2D eigenvalue weighted by Crippen LogP contribution is -2.32. The molecule has 0 radical (unpaired) electrons. The molecule has 1 aliphatic heterocycles. The Morgan fingerprint density at radius 2 is 1.83 bits per heavy atom. The minimum atomic E-state index is -4.43. The Morgan fingerprint density at radius 1 is 1.13 bits per heavy atom. The predicted molar refractivity (Wildman–Crippen MR) is 105 cm³/mol. The van der Waals surface area contributed by atoms with E-state index in [9.17, 15) is 22.8 Å². The quantitative estimate of drug-likeness (QED) is 0.687. The highest BCUT2D eigenvalue weighted by atomic mass is 19.4. The van der Waals surface area contributed by atoms with Gasteiger partial charge in [0.25, 0.3) is 5.91 Å². The number of aromatic amines is 1. The van der Waals surface area contributed by atoms with E-state index in [0.29, 0.717) is 11.3 Å². The maximum absolute atomic E-state index is 13.3. The molecule has 0 atom stereocenters. The summed E-state index contributed by atoms with van der Waals surface area (Å²) >= 11 is 0. The zero-order chi connectivity index (χ0) is 21.3. The number of nitrogens with zero attached hydrogens (tertiary/aromatic N) is 2. The van der Waals surface area contributed by atoms with Crippen LogP contribution in [0.3, 0.4) is 0 Å². The molecule has 0 spiro atoms. The van der Waals surface area contributed by atoms with Crippen LogP contribution in [-0.4, -0.2) is 52.2 Å². The summed E-state index contributed by atoms with van der Waals surface area (Å²) in [5.41, 5.74) is 0.264. The van der Waals surface area contributed by atoms with Gasteiger partial charge < -0.3 is 9.88 Å². The fraction of sp³-hybridized carbons (Fsp3) is 0.455. The standard InChI is InChI=1S/C22H24F3N3O2/c23-22(24,25)18-6-2-1-5-15(18)13-28(17-7-8-17)14-20(29)16-11-19(26-12-16)21(30)27-9-3-4-10-27/h1-2,5-6,11-12,17,26H,3-4,7-10,13-14H2. The van der Waals surface area contributed by atoms with Gasteiger partial charge in [0.1, 0.15) is 5.69 Å². The summed E-state index contributed by atoms with van der Waals surface area (Å²) in [4.78, 5) is 31.7. The third-order valence-corrected chi connectivity index (χ3v) is 5.73. The Bertz CT molecular complexity index is 928. The second-order valence-corrected chi connectivity index (χ2v) is 8.02. The maximum Gasteiger partial charge on any atom is 0.416 e. The lowest BCUT2D eigenvalue weighted by molar-refractivity contribution is -0.138. The number of carbonyl (C=O) groups excluding carboxylic acids is 2. The number of amides is 1. The molecule has 0 unspecified atom stereocenters. The Balaban J connectivity index is 1.46. The Kier molecular flexibility index (Phi) is 5.69. The molecule has 4 rings (SSSR count). The van der Waals surface area contributed by atoms with E-state index < -0.39 is 11.7 Å². The van der Waals surface area contributed by atoms with Gasteiger partial charge in [0.05, 0.1) is 12.1 Å². The van der Waals surface area contributed by atoms with Crippen molar-refractivity contribution in [2.24, 2.45) is 0 Å². The van der Waals surface area contributed by atoms with Crippen LogP contribution in [0.2, 0.25) is 0 Å². The summed E-state index contributed by atoms with van der Waals surface area (Å²) in [6.45, 7) is 1.52. The van der Waals surface area contributed by atoms with Crippen molar-refractivity contribution in [1.82, 2.24) is 14.8 Å². The number of rotatable bonds is 7. The number of hydrogen-bond donors (Lipinski definition) is 1. The van der Waals surface area contributed by atoms with Gasteiger partial charge in [0, 0.05) is 37.4 Å². The third kappa shape index (κ3) is 4.59. The number of carbonyl (C=O) groups is 2. The van der Waals surface area contributed by atoms with E-state index in [1.807, 2.05) is 4.90 Å². The lowest BCUT2D eigenvalue weighted by atomic mass is 10.1. The summed E-state index contributed by atoms with van der Waals surface area (Å²) < 4.78 is 40.0. The Morgan fingerprint density at radius 3 is 2.50 bits per heavy atom. The number of halogens is 3. The molecule has 160 valence electrons. The van der Waals surface area contributed by atoms with Crippen molar-refractivity contribution in [2.45, 2.75) is 44.4 Å². The number of benzene rings is 1. The van der Waals surface area contributed by atoms with E-state index in [1.54, 1.807) is 17.0 Å². The molecule has 2 aromatic rings. The van der Waals surface area contributed by atoms with Gasteiger partial charge in [-0.1, -0.05) is 18.2 Å². The van der Waals surface area contributed by atoms with Crippen molar-refractivity contribution in [3.63, 3.8) is 0 Å².